The molecule has 0 spiro atoms. The Hall–Kier alpha value is -2.78. The maximum absolute atomic E-state index is 12.7. The summed E-state index contributed by atoms with van der Waals surface area (Å²) in [6.07, 6.45) is -0.645. The van der Waals surface area contributed by atoms with Gasteiger partial charge in [0.15, 0.2) is 6.10 Å². The summed E-state index contributed by atoms with van der Waals surface area (Å²) in [5.41, 5.74) is 4.62. The average Bonchev–Trinajstić information content (AvgIpc) is 2.67. The van der Waals surface area contributed by atoms with Gasteiger partial charge in [0.1, 0.15) is 5.75 Å². The zero-order valence-corrected chi connectivity index (χ0v) is 16.4. The topological polar surface area (TPSA) is 38.3 Å². The lowest BCUT2D eigenvalue weighted by Crippen LogP contribution is -2.30. The van der Waals surface area contributed by atoms with Crippen LogP contribution in [0, 0.1) is 13.8 Å². The number of aryl methyl sites for hydroxylation is 2. The number of para-hydroxylation sites is 1. The number of ether oxygens (including phenoxy) is 1. The number of anilines is 1. The van der Waals surface area contributed by atoms with E-state index in [2.05, 4.69) is 5.32 Å². The molecule has 3 aromatic rings. The SMILES string of the molecule is Cc1cc(O[C@H](C)C(=O)Nc2ccccc2-c2ccccc2)cc(C)c1Cl. The lowest BCUT2D eigenvalue weighted by Gasteiger charge is -2.17. The Morgan fingerprint density at radius 1 is 0.963 bits per heavy atom. The number of carbonyl (C=O) groups is 1. The van der Waals surface area contributed by atoms with Crippen LogP contribution in [0.5, 0.6) is 5.75 Å². The van der Waals surface area contributed by atoms with Crippen LogP contribution in [-0.4, -0.2) is 12.0 Å². The normalized spacial score (nSPS) is 11.7. The van der Waals surface area contributed by atoms with E-state index >= 15 is 0 Å². The summed E-state index contributed by atoms with van der Waals surface area (Å²) in [5, 5.41) is 3.70. The summed E-state index contributed by atoms with van der Waals surface area (Å²) in [5.74, 6) is 0.428. The van der Waals surface area contributed by atoms with Crippen molar-refractivity contribution in [3.05, 3.63) is 82.9 Å². The Kier molecular flexibility index (Phi) is 5.82. The highest BCUT2D eigenvalue weighted by molar-refractivity contribution is 6.32. The van der Waals surface area contributed by atoms with E-state index in [1.54, 1.807) is 6.92 Å². The number of hydrogen-bond acceptors (Lipinski definition) is 2. The van der Waals surface area contributed by atoms with Crippen molar-refractivity contribution < 1.29 is 9.53 Å². The second-order valence-corrected chi connectivity index (χ2v) is 6.91. The number of halogens is 1. The van der Waals surface area contributed by atoms with Gasteiger partial charge in [0, 0.05) is 16.3 Å². The number of nitrogens with one attached hydrogen (secondary N) is 1. The first kappa shape index (κ1) is 19.0. The third-order valence-corrected chi connectivity index (χ3v) is 4.96. The number of amides is 1. The van der Waals surface area contributed by atoms with Gasteiger partial charge in [-0.15, -0.1) is 0 Å². The summed E-state index contributed by atoms with van der Waals surface area (Å²) >= 11 is 6.20. The van der Waals surface area contributed by atoms with Crippen molar-refractivity contribution in [2.75, 3.05) is 5.32 Å². The maximum Gasteiger partial charge on any atom is 0.265 e. The highest BCUT2D eigenvalue weighted by Crippen LogP contribution is 2.29. The quantitative estimate of drug-likeness (QED) is 0.587. The van der Waals surface area contributed by atoms with Gasteiger partial charge >= 0.3 is 0 Å². The van der Waals surface area contributed by atoms with Crippen LogP contribution in [0.15, 0.2) is 66.7 Å². The van der Waals surface area contributed by atoms with Crippen LogP contribution in [0.3, 0.4) is 0 Å². The number of hydrogen-bond donors (Lipinski definition) is 1. The molecule has 3 nitrogen and oxygen atoms in total. The van der Waals surface area contributed by atoms with Crippen molar-refractivity contribution in [2.24, 2.45) is 0 Å². The molecule has 0 unspecified atom stereocenters. The molecule has 1 atom stereocenters. The third kappa shape index (κ3) is 4.50. The van der Waals surface area contributed by atoms with E-state index in [0.29, 0.717) is 5.75 Å². The van der Waals surface area contributed by atoms with Gasteiger partial charge in [-0.2, -0.15) is 0 Å². The fraction of sp³-hybridized carbons (Fsp3) is 0.174. The van der Waals surface area contributed by atoms with E-state index in [1.807, 2.05) is 80.6 Å². The molecule has 1 amide bonds. The molecule has 0 fully saturated rings. The molecule has 0 radical (unpaired) electrons. The van der Waals surface area contributed by atoms with Gasteiger partial charge in [-0.3, -0.25) is 4.79 Å². The van der Waals surface area contributed by atoms with Crippen LogP contribution < -0.4 is 10.1 Å². The van der Waals surface area contributed by atoms with E-state index in [0.717, 1.165) is 33.0 Å². The van der Waals surface area contributed by atoms with Crippen molar-refractivity contribution in [3.8, 4) is 16.9 Å². The van der Waals surface area contributed by atoms with Gasteiger partial charge in [-0.25, -0.2) is 0 Å². The standard InChI is InChI=1S/C23H22ClNO2/c1-15-13-19(14-16(2)22(15)24)27-17(3)23(26)25-21-12-8-7-11-20(21)18-9-5-4-6-10-18/h4-14,17H,1-3H3,(H,25,26)/t17-/m1/s1. The summed E-state index contributed by atoms with van der Waals surface area (Å²) in [6, 6.07) is 21.4. The van der Waals surface area contributed by atoms with Crippen molar-refractivity contribution in [1.82, 2.24) is 0 Å². The van der Waals surface area contributed by atoms with Crippen LogP contribution >= 0.6 is 11.6 Å². The van der Waals surface area contributed by atoms with E-state index in [9.17, 15) is 4.79 Å². The highest BCUT2D eigenvalue weighted by atomic mass is 35.5. The number of benzene rings is 3. The highest BCUT2D eigenvalue weighted by Gasteiger charge is 2.17. The lowest BCUT2D eigenvalue weighted by molar-refractivity contribution is -0.122. The van der Waals surface area contributed by atoms with Gasteiger partial charge in [-0.1, -0.05) is 60.1 Å². The molecule has 0 heterocycles. The van der Waals surface area contributed by atoms with Crippen LogP contribution in [-0.2, 0) is 4.79 Å². The fourth-order valence-corrected chi connectivity index (χ4v) is 3.04. The predicted octanol–water partition coefficient (Wildman–Crippen LogP) is 6.03. The molecule has 0 bridgehead atoms. The monoisotopic (exact) mass is 379 g/mol. The minimum absolute atomic E-state index is 0.205. The molecule has 27 heavy (non-hydrogen) atoms. The molecule has 4 heteroatoms. The van der Waals surface area contributed by atoms with E-state index in [4.69, 9.17) is 16.3 Å². The maximum atomic E-state index is 12.7. The average molecular weight is 380 g/mol. The van der Waals surface area contributed by atoms with E-state index < -0.39 is 6.10 Å². The molecule has 3 aromatic carbocycles. The lowest BCUT2D eigenvalue weighted by atomic mass is 10.0. The first-order valence-electron chi connectivity index (χ1n) is 8.84. The molecule has 3 rings (SSSR count). The van der Waals surface area contributed by atoms with Crippen LogP contribution in [0.25, 0.3) is 11.1 Å². The zero-order chi connectivity index (χ0) is 19.4. The van der Waals surface area contributed by atoms with Gasteiger partial charge in [0.2, 0.25) is 0 Å². The minimum atomic E-state index is -0.645. The van der Waals surface area contributed by atoms with Gasteiger partial charge < -0.3 is 10.1 Å². The van der Waals surface area contributed by atoms with E-state index in [-0.39, 0.29) is 5.91 Å². The van der Waals surface area contributed by atoms with Crippen molar-refractivity contribution in [2.45, 2.75) is 26.9 Å². The molecular weight excluding hydrogens is 358 g/mol. The van der Waals surface area contributed by atoms with Crippen molar-refractivity contribution in [1.29, 1.82) is 0 Å². The molecule has 0 saturated carbocycles. The first-order chi connectivity index (χ1) is 13.0. The molecule has 0 aromatic heterocycles. The Bertz CT molecular complexity index is 931. The summed E-state index contributed by atoms with van der Waals surface area (Å²) in [7, 11) is 0. The fourth-order valence-electron chi connectivity index (χ4n) is 2.93. The molecule has 0 aliphatic heterocycles. The van der Waals surface area contributed by atoms with Crippen LogP contribution in [0.1, 0.15) is 18.1 Å². The first-order valence-corrected chi connectivity index (χ1v) is 9.22. The Morgan fingerprint density at radius 3 is 2.22 bits per heavy atom. The van der Waals surface area contributed by atoms with Gasteiger partial charge in [0.05, 0.1) is 0 Å². The van der Waals surface area contributed by atoms with Crippen LogP contribution in [0.4, 0.5) is 5.69 Å². The largest absolute Gasteiger partial charge is 0.481 e. The third-order valence-electron chi connectivity index (χ3n) is 4.36. The van der Waals surface area contributed by atoms with E-state index in [1.165, 1.54) is 0 Å². The number of carbonyl (C=O) groups excluding carboxylic acids is 1. The van der Waals surface area contributed by atoms with Gasteiger partial charge in [0.25, 0.3) is 5.91 Å². The Balaban J connectivity index is 1.76. The molecule has 0 saturated heterocycles. The summed E-state index contributed by atoms with van der Waals surface area (Å²) in [6.45, 7) is 5.58. The second kappa shape index (κ2) is 8.28. The zero-order valence-electron chi connectivity index (χ0n) is 15.6. The van der Waals surface area contributed by atoms with Crippen molar-refractivity contribution >= 4 is 23.2 Å². The Morgan fingerprint density at radius 2 is 1.56 bits per heavy atom. The van der Waals surface area contributed by atoms with Crippen molar-refractivity contribution in [3.63, 3.8) is 0 Å². The smallest absolute Gasteiger partial charge is 0.265 e. The Labute approximate surface area is 164 Å². The molecular formula is C23H22ClNO2. The molecule has 1 N–H and O–H groups in total. The molecule has 0 aliphatic carbocycles. The summed E-state index contributed by atoms with van der Waals surface area (Å²) < 4.78 is 5.84. The summed E-state index contributed by atoms with van der Waals surface area (Å²) in [4.78, 5) is 12.7. The second-order valence-electron chi connectivity index (χ2n) is 6.53. The van der Waals surface area contributed by atoms with Gasteiger partial charge in [-0.05, 0) is 55.7 Å². The van der Waals surface area contributed by atoms with Crippen LogP contribution in [0.2, 0.25) is 5.02 Å². The molecule has 138 valence electrons. The predicted molar refractivity (Wildman–Crippen MR) is 112 cm³/mol. The molecule has 0 aliphatic rings. The minimum Gasteiger partial charge on any atom is -0.481 e. The number of rotatable bonds is 5.